The summed E-state index contributed by atoms with van der Waals surface area (Å²) in [5, 5.41) is 5.40. The number of halogens is 3. The van der Waals surface area contributed by atoms with E-state index in [1.54, 1.807) is 12.1 Å². The molecule has 0 fully saturated rings. The second-order valence-electron chi connectivity index (χ2n) is 5.86. The highest BCUT2D eigenvalue weighted by atomic mass is 35.5. The van der Waals surface area contributed by atoms with Gasteiger partial charge in [0.2, 0.25) is 0 Å². The van der Waals surface area contributed by atoms with E-state index in [-0.39, 0.29) is 0 Å². The SMILES string of the molecule is Clc1ccc(COc2ccc(CNCc3ccccc3Cl)cc2)c(Cl)c1. The Morgan fingerprint density at radius 3 is 2.23 bits per heavy atom. The van der Waals surface area contributed by atoms with Crippen molar-refractivity contribution in [3.05, 3.63) is 98.5 Å². The molecule has 0 bridgehead atoms. The zero-order chi connectivity index (χ0) is 18.4. The van der Waals surface area contributed by atoms with Crippen molar-refractivity contribution in [1.29, 1.82) is 0 Å². The van der Waals surface area contributed by atoms with E-state index >= 15 is 0 Å². The molecule has 1 N–H and O–H groups in total. The summed E-state index contributed by atoms with van der Waals surface area (Å²) < 4.78 is 5.79. The Kier molecular flexibility index (Phi) is 6.81. The van der Waals surface area contributed by atoms with Crippen molar-refractivity contribution in [2.24, 2.45) is 0 Å². The van der Waals surface area contributed by atoms with Gasteiger partial charge in [-0.15, -0.1) is 0 Å². The van der Waals surface area contributed by atoms with Crippen LogP contribution in [0.25, 0.3) is 0 Å². The van der Waals surface area contributed by atoms with Gasteiger partial charge in [-0.3, -0.25) is 0 Å². The number of nitrogens with one attached hydrogen (secondary N) is 1. The van der Waals surface area contributed by atoms with Crippen molar-refractivity contribution in [2.45, 2.75) is 19.7 Å². The Hall–Kier alpha value is -1.71. The summed E-state index contributed by atoms with van der Waals surface area (Å²) >= 11 is 18.2. The first kappa shape index (κ1) is 19.1. The summed E-state index contributed by atoms with van der Waals surface area (Å²) in [5.74, 6) is 0.797. The van der Waals surface area contributed by atoms with Crippen LogP contribution in [0.3, 0.4) is 0 Å². The summed E-state index contributed by atoms with van der Waals surface area (Å²) in [6.45, 7) is 1.89. The van der Waals surface area contributed by atoms with Crippen molar-refractivity contribution in [3.8, 4) is 5.75 Å². The van der Waals surface area contributed by atoms with Gasteiger partial charge in [-0.05, 0) is 41.5 Å². The number of benzene rings is 3. The molecule has 3 aromatic carbocycles. The van der Waals surface area contributed by atoms with Gasteiger partial charge in [-0.2, -0.15) is 0 Å². The highest BCUT2D eigenvalue weighted by Gasteiger charge is 2.03. The van der Waals surface area contributed by atoms with Gasteiger partial charge in [-0.25, -0.2) is 0 Å². The second kappa shape index (κ2) is 9.29. The van der Waals surface area contributed by atoms with Crippen LogP contribution < -0.4 is 10.1 Å². The van der Waals surface area contributed by atoms with E-state index in [0.717, 1.165) is 35.0 Å². The second-order valence-corrected chi connectivity index (χ2v) is 7.11. The predicted octanol–water partition coefficient (Wildman–Crippen LogP) is 6.52. The van der Waals surface area contributed by atoms with Gasteiger partial charge in [0.25, 0.3) is 0 Å². The van der Waals surface area contributed by atoms with Crippen LogP contribution in [0.4, 0.5) is 0 Å². The van der Waals surface area contributed by atoms with Crippen LogP contribution >= 0.6 is 34.8 Å². The van der Waals surface area contributed by atoms with Crippen LogP contribution in [0.15, 0.2) is 66.7 Å². The van der Waals surface area contributed by atoms with E-state index in [1.807, 2.05) is 54.6 Å². The normalized spacial score (nSPS) is 10.7. The molecule has 0 atom stereocenters. The van der Waals surface area contributed by atoms with E-state index in [0.29, 0.717) is 16.7 Å². The first-order chi connectivity index (χ1) is 12.6. The van der Waals surface area contributed by atoms with E-state index in [1.165, 1.54) is 5.56 Å². The lowest BCUT2D eigenvalue weighted by Gasteiger charge is -2.10. The molecule has 0 aliphatic rings. The van der Waals surface area contributed by atoms with Crippen LogP contribution in [0.5, 0.6) is 5.75 Å². The largest absolute Gasteiger partial charge is 0.489 e. The lowest BCUT2D eigenvalue weighted by atomic mass is 10.2. The van der Waals surface area contributed by atoms with Gasteiger partial charge in [0.1, 0.15) is 12.4 Å². The molecule has 2 nitrogen and oxygen atoms in total. The number of hydrogen-bond acceptors (Lipinski definition) is 2. The molecule has 0 aliphatic carbocycles. The molecule has 0 amide bonds. The molecular weight excluding hydrogens is 389 g/mol. The molecule has 5 heteroatoms. The molecular formula is C21H18Cl3NO. The van der Waals surface area contributed by atoms with Crippen LogP contribution in [-0.4, -0.2) is 0 Å². The van der Waals surface area contributed by atoms with Crippen LogP contribution in [0.2, 0.25) is 15.1 Å². The van der Waals surface area contributed by atoms with Crippen LogP contribution in [0.1, 0.15) is 16.7 Å². The minimum absolute atomic E-state index is 0.403. The van der Waals surface area contributed by atoms with Gasteiger partial charge >= 0.3 is 0 Å². The maximum absolute atomic E-state index is 6.16. The fourth-order valence-corrected chi connectivity index (χ4v) is 3.15. The van der Waals surface area contributed by atoms with Gasteiger partial charge in [0.05, 0.1) is 0 Å². The summed E-state index contributed by atoms with van der Waals surface area (Å²) in [6.07, 6.45) is 0. The van der Waals surface area contributed by atoms with Gasteiger partial charge in [0.15, 0.2) is 0 Å². The molecule has 0 saturated heterocycles. The zero-order valence-corrected chi connectivity index (χ0v) is 16.3. The summed E-state index contributed by atoms with van der Waals surface area (Å²) in [4.78, 5) is 0. The van der Waals surface area contributed by atoms with Crippen LogP contribution in [-0.2, 0) is 19.7 Å². The minimum Gasteiger partial charge on any atom is -0.489 e. The number of hydrogen-bond donors (Lipinski definition) is 1. The summed E-state index contributed by atoms with van der Waals surface area (Å²) in [5.41, 5.74) is 3.17. The minimum atomic E-state index is 0.403. The maximum Gasteiger partial charge on any atom is 0.119 e. The van der Waals surface area contributed by atoms with Gasteiger partial charge in [-0.1, -0.05) is 71.2 Å². The predicted molar refractivity (Wildman–Crippen MR) is 109 cm³/mol. The topological polar surface area (TPSA) is 21.3 Å². The third kappa shape index (κ3) is 5.39. The molecule has 0 heterocycles. The molecule has 3 aromatic rings. The molecule has 0 unspecified atom stereocenters. The van der Waals surface area contributed by atoms with Crippen molar-refractivity contribution in [2.75, 3.05) is 0 Å². The van der Waals surface area contributed by atoms with Crippen LogP contribution in [0, 0.1) is 0 Å². The molecule has 0 aromatic heterocycles. The first-order valence-corrected chi connectivity index (χ1v) is 9.35. The maximum atomic E-state index is 6.16. The Bertz CT molecular complexity index is 865. The fraction of sp³-hybridized carbons (Fsp3) is 0.143. The molecule has 3 rings (SSSR count). The highest BCUT2D eigenvalue weighted by Crippen LogP contribution is 2.23. The molecule has 26 heavy (non-hydrogen) atoms. The highest BCUT2D eigenvalue weighted by molar-refractivity contribution is 6.35. The summed E-state index contributed by atoms with van der Waals surface area (Å²) in [7, 11) is 0. The molecule has 0 spiro atoms. The molecule has 0 aliphatic heterocycles. The first-order valence-electron chi connectivity index (χ1n) is 8.21. The Labute approximate surface area is 168 Å². The number of ether oxygens (including phenoxy) is 1. The van der Waals surface area contributed by atoms with Crippen molar-refractivity contribution in [3.63, 3.8) is 0 Å². The average Bonchev–Trinajstić information content (AvgIpc) is 2.64. The smallest absolute Gasteiger partial charge is 0.119 e. The quantitative estimate of drug-likeness (QED) is 0.482. The van der Waals surface area contributed by atoms with Crippen molar-refractivity contribution < 1.29 is 4.74 Å². The van der Waals surface area contributed by atoms with E-state index < -0.39 is 0 Å². The zero-order valence-electron chi connectivity index (χ0n) is 14.0. The molecule has 134 valence electrons. The van der Waals surface area contributed by atoms with Crippen molar-refractivity contribution >= 4 is 34.8 Å². The third-order valence-corrected chi connectivity index (χ3v) is 4.89. The Morgan fingerprint density at radius 2 is 1.50 bits per heavy atom. The molecule has 0 radical (unpaired) electrons. The summed E-state index contributed by atoms with van der Waals surface area (Å²) in [6, 6.07) is 21.2. The lowest BCUT2D eigenvalue weighted by molar-refractivity contribution is 0.306. The van der Waals surface area contributed by atoms with E-state index in [2.05, 4.69) is 5.32 Å². The van der Waals surface area contributed by atoms with E-state index in [4.69, 9.17) is 39.5 Å². The average molecular weight is 407 g/mol. The van der Waals surface area contributed by atoms with E-state index in [9.17, 15) is 0 Å². The van der Waals surface area contributed by atoms with Crippen molar-refractivity contribution in [1.82, 2.24) is 5.32 Å². The Balaban J connectivity index is 1.49. The standard InChI is InChI=1S/C21H18Cl3NO/c22-18-8-7-17(21(24)11-18)14-26-19-9-5-15(6-10-19)12-25-13-16-3-1-2-4-20(16)23/h1-11,25H,12-14H2. The monoisotopic (exact) mass is 405 g/mol. The Morgan fingerprint density at radius 1 is 0.731 bits per heavy atom. The van der Waals surface area contributed by atoms with Gasteiger partial charge in [0, 0.05) is 33.7 Å². The van der Waals surface area contributed by atoms with Gasteiger partial charge < -0.3 is 10.1 Å². The molecule has 0 saturated carbocycles. The third-order valence-electron chi connectivity index (χ3n) is 3.94. The fourth-order valence-electron chi connectivity index (χ4n) is 2.49. The number of rotatable bonds is 7. The lowest BCUT2D eigenvalue weighted by Crippen LogP contribution is -2.12.